The lowest BCUT2D eigenvalue weighted by Crippen LogP contribution is -2.55. The largest absolute Gasteiger partial charge is 0.351 e. The fraction of sp³-hybridized carbons (Fsp3) is 0.442. The number of sulfonamides is 1. The van der Waals surface area contributed by atoms with Gasteiger partial charge in [0.15, 0.2) is 0 Å². The van der Waals surface area contributed by atoms with E-state index in [1.165, 1.54) is 35.6 Å². The minimum Gasteiger partial charge on any atom is -0.351 e. The molecule has 17 nitrogen and oxygen atoms in total. The van der Waals surface area contributed by atoms with Crippen molar-refractivity contribution in [3.05, 3.63) is 126 Å². The van der Waals surface area contributed by atoms with Gasteiger partial charge in [-0.25, -0.2) is 18.1 Å². The third-order valence-electron chi connectivity index (χ3n) is 12.9. The van der Waals surface area contributed by atoms with Crippen molar-refractivity contribution in [1.82, 2.24) is 40.9 Å². The Morgan fingerprint density at radius 1 is 0.643 bits per heavy atom. The normalized spacial score (nSPS) is 14.9. The minimum atomic E-state index is -3.86. The summed E-state index contributed by atoms with van der Waals surface area (Å²) in [5.74, 6) is -3.92. The molecular weight excluding hydrogens is 913 g/mol. The Kier molecular flexibility index (Phi) is 20.3. The van der Waals surface area contributed by atoms with Gasteiger partial charge in [-0.3, -0.25) is 43.4 Å². The summed E-state index contributed by atoms with van der Waals surface area (Å²) in [6, 6.07) is 21.1. The summed E-state index contributed by atoms with van der Waals surface area (Å²) < 4.78 is 27.8. The van der Waals surface area contributed by atoms with Crippen molar-refractivity contribution in [2.45, 2.75) is 113 Å². The van der Waals surface area contributed by atoms with Crippen LogP contribution in [0, 0.1) is 11.8 Å². The Labute approximate surface area is 409 Å². The van der Waals surface area contributed by atoms with Crippen LogP contribution in [0.3, 0.4) is 0 Å². The second kappa shape index (κ2) is 26.9. The van der Waals surface area contributed by atoms with Gasteiger partial charge in [0.2, 0.25) is 27.6 Å². The Hall–Kier alpha value is -6.66. The summed E-state index contributed by atoms with van der Waals surface area (Å²) in [7, 11) is -3.86. The standard InChI is InChI=1S/C52H64N8O9S/c61-46(50(65)56-32-33-57-70(68,69)39-23-9-6-10-24-39)44(35-37-19-7-5-8-20-37)59-49(64)43(28-16-17-29-55-48(63)45-36-53-30-31-54-45)58-47(62)40(38-21-12-13-22-38)25-11-3-1-2-4-18-34-60-51(66)41-26-14-15-27-42(41)52(60)67/h5-10,14-15,19-20,23-24,26-27,30-31,36,38,40,43-44,57H,1-4,11-13,16-18,21-22,25,28-29,32-35H2,(H,55,63)(H,56,65)(H,58,62)(H,59,64)/t40?,43-,44-/m0/s1. The highest BCUT2D eigenvalue weighted by Crippen LogP contribution is 2.35. The van der Waals surface area contributed by atoms with Gasteiger partial charge < -0.3 is 21.3 Å². The first-order valence-corrected chi connectivity index (χ1v) is 25.9. The topological polar surface area (TPSA) is 243 Å². The summed E-state index contributed by atoms with van der Waals surface area (Å²) in [6.07, 6.45) is 14.8. The molecule has 1 fully saturated rings. The van der Waals surface area contributed by atoms with E-state index >= 15 is 0 Å². The molecule has 5 N–H and O–H groups in total. The van der Waals surface area contributed by atoms with Crippen LogP contribution in [-0.2, 0) is 35.6 Å². The molecule has 1 aliphatic heterocycles. The molecule has 3 atom stereocenters. The van der Waals surface area contributed by atoms with Crippen molar-refractivity contribution >= 4 is 51.2 Å². The van der Waals surface area contributed by atoms with Gasteiger partial charge in [0.05, 0.1) is 22.2 Å². The molecule has 1 aromatic heterocycles. The molecule has 372 valence electrons. The Morgan fingerprint density at radius 2 is 1.26 bits per heavy atom. The SMILES string of the molecule is O=C(NCCNS(=O)(=O)c1ccccc1)C(=O)[C@H](Cc1ccccc1)NC(=O)[C@H](CCCCNC(=O)c1cnccn1)NC(=O)C(CCCCCCCCN1C(=O)c2ccccc2C1=O)C1CCCC1. The van der Waals surface area contributed by atoms with E-state index < -0.39 is 45.6 Å². The van der Waals surface area contributed by atoms with Crippen LogP contribution in [0.4, 0.5) is 0 Å². The van der Waals surface area contributed by atoms with E-state index in [-0.39, 0.29) is 72.6 Å². The van der Waals surface area contributed by atoms with Gasteiger partial charge in [0, 0.05) is 50.9 Å². The van der Waals surface area contributed by atoms with Crippen LogP contribution in [0.5, 0.6) is 0 Å². The summed E-state index contributed by atoms with van der Waals surface area (Å²) >= 11 is 0. The first-order chi connectivity index (χ1) is 33.9. The van der Waals surface area contributed by atoms with Gasteiger partial charge >= 0.3 is 0 Å². The molecule has 1 unspecified atom stereocenters. The van der Waals surface area contributed by atoms with Gasteiger partial charge in [0.25, 0.3) is 23.6 Å². The monoisotopic (exact) mass is 976 g/mol. The van der Waals surface area contributed by atoms with E-state index in [0.29, 0.717) is 48.9 Å². The van der Waals surface area contributed by atoms with Crippen molar-refractivity contribution in [1.29, 1.82) is 0 Å². The molecule has 0 bridgehead atoms. The average Bonchev–Trinajstić information content (AvgIpc) is 4.00. The molecule has 70 heavy (non-hydrogen) atoms. The van der Waals surface area contributed by atoms with Crippen molar-refractivity contribution in [2.24, 2.45) is 11.8 Å². The molecule has 0 saturated heterocycles. The quantitative estimate of drug-likeness (QED) is 0.0273. The van der Waals surface area contributed by atoms with E-state index in [1.807, 2.05) is 0 Å². The van der Waals surface area contributed by atoms with E-state index in [4.69, 9.17) is 0 Å². The van der Waals surface area contributed by atoms with Crippen LogP contribution in [0.15, 0.2) is 108 Å². The zero-order valence-corrected chi connectivity index (χ0v) is 40.3. The molecular formula is C52H64N8O9S. The average molecular weight is 977 g/mol. The Bertz CT molecular complexity index is 2470. The van der Waals surface area contributed by atoms with Crippen molar-refractivity contribution < 1.29 is 42.0 Å². The smallest absolute Gasteiger partial charge is 0.289 e. The van der Waals surface area contributed by atoms with Crippen LogP contribution in [0.2, 0.25) is 0 Å². The number of fused-ring (bicyclic) bond motifs is 1. The van der Waals surface area contributed by atoms with E-state index in [2.05, 4.69) is 36.0 Å². The van der Waals surface area contributed by atoms with Crippen LogP contribution in [0.25, 0.3) is 0 Å². The number of carbonyl (C=O) groups excluding carboxylic acids is 7. The number of ketones is 1. The summed E-state index contributed by atoms with van der Waals surface area (Å²) in [4.78, 5) is 103. The maximum absolute atomic E-state index is 14.4. The molecule has 18 heteroatoms. The molecule has 6 rings (SSSR count). The van der Waals surface area contributed by atoms with Crippen molar-refractivity contribution in [2.75, 3.05) is 26.2 Å². The molecule has 0 spiro atoms. The zero-order valence-electron chi connectivity index (χ0n) is 39.5. The number of Topliss-reactive ketones (excluding diaryl/α,β-unsaturated/α-hetero) is 1. The van der Waals surface area contributed by atoms with E-state index in [1.54, 1.807) is 72.8 Å². The van der Waals surface area contributed by atoms with Gasteiger partial charge in [-0.15, -0.1) is 0 Å². The second-order valence-corrected chi connectivity index (χ2v) is 19.6. The predicted octanol–water partition coefficient (Wildman–Crippen LogP) is 5.09. The van der Waals surface area contributed by atoms with Gasteiger partial charge in [-0.05, 0) is 80.7 Å². The lowest BCUT2D eigenvalue weighted by atomic mass is 9.85. The molecule has 6 amide bonds. The van der Waals surface area contributed by atoms with Crippen molar-refractivity contribution in [3.63, 3.8) is 0 Å². The summed E-state index contributed by atoms with van der Waals surface area (Å²) in [5, 5.41) is 11.1. The predicted molar refractivity (Wildman–Crippen MR) is 261 cm³/mol. The Morgan fingerprint density at radius 3 is 1.93 bits per heavy atom. The lowest BCUT2D eigenvalue weighted by molar-refractivity contribution is -0.140. The number of hydrogen-bond acceptors (Lipinski definition) is 11. The lowest BCUT2D eigenvalue weighted by Gasteiger charge is -2.27. The number of carbonyl (C=O) groups is 7. The fourth-order valence-corrected chi connectivity index (χ4v) is 10.1. The Balaban J connectivity index is 1.06. The number of hydrogen-bond donors (Lipinski definition) is 5. The van der Waals surface area contributed by atoms with Crippen LogP contribution in [0.1, 0.15) is 127 Å². The highest BCUT2D eigenvalue weighted by Gasteiger charge is 2.36. The highest BCUT2D eigenvalue weighted by molar-refractivity contribution is 7.89. The number of rotatable bonds is 29. The molecule has 4 aromatic rings. The van der Waals surface area contributed by atoms with Crippen LogP contribution in [-0.4, -0.2) is 103 Å². The maximum Gasteiger partial charge on any atom is 0.289 e. The number of imide groups is 1. The third-order valence-corrected chi connectivity index (χ3v) is 14.3. The van der Waals surface area contributed by atoms with Crippen LogP contribution < -0.4 is 26.0 Å². The van der Waals surface area contributed by atoms with Gasteiger partial charge in [-0.2, -0.15) is 0 Å². The molecule has 1 saturated carbocycles. The first-order valence-electron chi connectivity index (χ1n) is 24.4. The van der Waals surface area contributed by atoms with E-state index in [0.717, 1.165) is 57.8 Å². The molecule has 3 aromatic carbocycles. The number of amides is 6. The third kappa shape index (κ3) is 15.4. The first kappa shape index (κ1) is 52.7. The number of nitrogens with zero attached hydrogens (tertiary/aromatic N) is 3. The fourth-order valence-electron chi connectivity index (χ4n) is 9.08. The molecule has 0 radical (unpaired) electrons. The number of aromatic nitrogens is 2. The summed E-state index contributed by atoms with van der Waals surface area (Å²) in [5.41, 5.74) is 1.74. The van der Waals surface area contributed by atoms with Crippen LogP contribution >= 0.6 is 0 Å². The minimum absolute atomic E-state index is 0.0258. The second-order valence-electron chi connectivity index (χ2n) is 17.9. The number of nitrogens with one attached hydrogen (secondary N) is 5. The summed E-state index contributed by atoms with van der Waals surface area (Å²) in [6.45, 7) is 0.249. The van der Waals surface area contributed by atoms with Crippen molar-refractivity contribution in [3.8, 4) is 0 Å². The molecule has 2 aliphatic rings. The molecule has 1 aliphatic carbocycles. The molecule has 2 heterocycles. The highest BCUT2D eigenvalue weighted by atomic mass is 32.2. The van der Waals surface area contributed by atoms with Gasteiger partial charge in [-0.1, -0.05) is 106 Å². The van der Waals surface area contributed by atoms with E-state index in [9.17, 15) is 42.0 Å². The zero-order chi connectivity index (χ0) is 49.7. The maximum atomic E-state index is 14.4. The van der Waals surface area contributed by atoms with Gasteiger partial charge in [0.1, 0.15) is 17.8 Å². The number of unbranched alkanes of at least 4 members (excludes halogenated alkanes) is 6. The number of benzene rings is 3.